The number of sulfonamides is 1. The van der Waals surface area contributed by atoms with Crippen molar-refractivity contribution in [2.45, 2.75) is 29.1 Å². The zero-order valence-corrected chi connectivity index (χ0v) is 23.8. The van der Waals surface area contributed by atoms with E-state index < -0.39 is 26.7 Å². The molecule has 0 bridgehead atoms. The molecule has 0 amide bonds. The number of rotatable bonds is 6. The minimum atomic E-state index is -4.80. The number of fused-ring (bicyclic) bond motifs is 1. The number of halogens is 5. The molecule has 40 heavy (non-hydrogen) atoms. The molecule has 212 valence electrons. The fourth-order valence-electron chi connectivity index (χ4n) is 5.66. The van der Waals surface area contributed by atoms with Crippen molar-refractivity contribution in [1.82, 2.24) is 9.21 Å². The second-order valence-corrected chi connectivity index (χ2v) is 12.5. The number of benzene rings is 3. The molecule has 11 heteroatoms. The van der Waals surface area contributed by atoms with Crippen LogP contribution in [0.3, 0.4) is 0 Å². The molecule has 2 aliphatic rings. The number of alkyl halides is 3. The fourth-order valence-corrected chi connectivity index (χ4v) is 7.69. The number of methoxy groups -OCH3 is 1. The first-order chi connectivity index (χ1) is 19.0. The zero-order chi connectivity index (χ0) is 28.7. The van der Waals surface area contributed by atoms with E-state index in [1.807, 2.05) is 42.5 Å². The lowest BCUT2D eigenvalue weighted by molar-refractivity contribution is -0.139. The maximum atomic E-state index is 13.7. The van der Waals surface area contributed by atoms with Crippen LogP contribution in [-0.4, -0.2) is 63.1 Å². The van der Waals surface area contributed by atoms with Gasteiger partial charge < -0.3 is 4.74 Å². The molecular weight excluding hydrogens is 584 g/mol. The third kappa shape index (κ3) is 5.43. The van der Waals surface area contributed by atoms with Gasteiger partial charge in [0.1, 0.15) is 0 Å². The minimum Gasteiger partial charge on any atom is -0.383 e. The molecule has 2 aliphatic heterocycles. The quantitative estimate of drug-likeness (QED) is 0.291. The van der Waals surface area contributed by atoms with Crippen molar-refractivity contribution >= 4 is 33.2 Å². The second-order valence-electron chi connectivity index (χ2n) is 9.82. The summed E-state index contributed by atoms with van der Waals surface area (Å²) in [4.78, 5) is 1.40. The lowest BCUT2D eigenvalue weighted by atomic mass is 9.74. The van der Waals surface area contributed by atoms with Crippen LogP contribution in [0.4, 0.5) is 13.2 Å². The van der Waals surface area contributed by atoms with Crippen LogP contribution >= 0.6 is 23.2 Å². The molecule has 1 unspecified atom stereocenters. The van der Waals surface area contributed by atoms with E-state index in [0.717, 1.165) is 33.1 Å². The van der Waals surface area contributed by atoms with E-state index in [4.69, 9.17) is 27.9 Å². The Morgan fingerprint density at radius 3 is 2.35 bits per heavy atom. The molecule has 0 saturated carbocycles. The maximum absolute atomic E-state index is 13.7. The van der Waals surface area contributed by atoms with Gasteiger partial charge in [0.2, 0.25) is 10.0 Å². The largest absolute Gasteiger partial charge is 0.417 e. The van der Waals surface area contributed by atoms with Gasteiger partial charge in [-0.25, -0.2) is 8.42 Å². The highest BCUT2D eigenvalue weighted by molar-refractivity contribution is 7.89. The first-order valence-electron chi connectivity index (χ1n) is 12.6. The summed E-state index contributed by atoms with van der Waals surface area (Å²) in [5, 5.41) is 0.907. The molecule has 0 aromatic heterocycles. The Labute approximate surface area is 241 Å². The Morgan fingerprint density at radius 2 is 1.65 bits per heavy atom. The molecule has 3 atom stereocenters. The topological polar surface area (TPSA) is 49.9 Å². The summed E-state index contributed by atoms with van der Waals surface area (Å²) in [5.74, 6) is -0.106. The summed E-state index contributed by atoms with van der Waals surface area (Å²) in [6.45, 7) is 1.01. The molecule has 0 spiro atoms. The standard InChI is InChI=1S/C29H27Cl2F3N2O3S/c1-39-18-25-27(20-13-11-19(12-14-20)21-7-6-9-23(30)28(21)31)24-17-35(15-4-5-16-36(24)25)40(37,38)26-10-3-2-8-22(26)29(32,33)34/h2-14,24-25,27H,15-18H2,1H3/b5-4-/t24-,25?,27-/m0/s1. The smallest absolute Gasteiger partial charge is 0.383 e. The number of hydrogen-bond acceptors (Lipinski definition) is 4. The molecule has 5 rings (SSSR count). The third-order valence-corrected chi connectivity index (χ3v) is 10.3. The van der Waals surface area contributed by atoms with Crippen molar-refractivity contribution in [1.29, 1.82) is 0 Å². The van der Waals surface area contributed by atoms with Crippen molar-refractivity contribution in [3.63, 3.8) is 0 Å². The van der Waals surface area contributed by atoms with Gasteiger partial charge in [0.15, 0.2) is 0 Å². The first-order valence-corrected chi connectivity index (χ1v) is 14.8. The zero-order valence-electron chi connectivity index (χ0n) is 21.5. The van der Waals surface area contributed by atoms with Gasteiger partial charge >= 0.3 is 6.18 Å². The van der Waals surface area contributed by atoms with Gasteiger partial charge in [-0.1, -0.05) is 83.9 Å². The molecule has 0 N–H and O–H groups in total. The summed E-state index contributed by atoms with van der Waals surface area (Å²) >= 11 is 12.6. The third-order valence-electron chi connectivity index (χ3n) is 7.57. The SMILES string of the molecule is COCC1[C@@H](c2ccc(-c3cccc(Cl)c3Cl)cc2)[C@@H]2CN(S(=O)(=O)c3ccccc3C(F)(F)F)C/C=C\CN12. The van der Waals surface area contributed by atoms with Crippen molar-refractivity contribution in [3.8, 4) is 11.1 Å². The van der Waals surface area contributed by atoms with Crippen LogP contribution in [0, 0.1) is 0 Å². The van der Waals surface area contributed by atoms with Crippen LogP contribution < -0.4 is 0 Å². The molecule has 0 aliphatic carbocycles. The molecule has 3 aromatic carbocycles. The summed E-state index contributed by atoms with van der Waals surface area (Å²) in [7, 11) is -2.84. The van der Waals surface area contributed by atoms with Crippen molar-refractivity contribution < 1.29 is 26.3 Å². The van der Waals surface area contributed by atoms with Crippen LogP contribution in [0.2, 0.25) is 10.0 Å². The Kier molecular flexibility index (Phi) is 8.34. The predicted octanol–water partition coefficient (Wildman–Crippen LogP) is 6.72. The van der Waals surface area contributed by atoms with E-state index in [9.17, 15) is 21.6 Å². The van der Waals surface area contributed by atoms with E-state index in [-0.39, 0.29) is 31.1 Å². The number of hydrogen-bond donors (Lipinski definition) is 0. The van der Waals surface area contributed by atoms with Gasteiger partial charge in [-0.15, -0.1) is 0 Å². The van der Waals surface area contributed by atoms with Gasteiger partial charge in [0.25, 0.3) is 0 Å². The normalized spacial score (nSPS) is 23.1. The summed E-state index contributed by atoms with van der Waals surface area (Å²) in [6.07, 6.45) is -1.26. The Balaban J connectivity index is 1.48. The first kappa shape index (κ1) is 29.1. The minimum absolute atomic E-state index is 0.0211. The average Bonchev–Trinajstić information content (AvgIpc) is 2.91. The van der Waals surface area contributed by atoms with Crippen LogP contribution in [0.5, 0.6) is 0 Å². The van der Waals surface area contributed by atoms with Crippen LogP contribution in [-0.2, 0) is 20.9 Å². The van der Waals surface area contributed by atoms with Crippen LogP contribution in [0.15, 0.2) is 83.8 Å². The lowest BCUT2D eigenvalue weighted by Gasteiger charge is -2.56. The summed E-state index contributed by atoms with van der Waals surface area (Å²) in [6, 6.07) is 17.3. The highest BCUT2D eigenvalue weighted by Gasteiger charge is 2.50. The van der Waals surface area contributed by atoms with Crippen molar-refractivity contribution in [3.05, 3.63) is 100 Å². The van der Waals surface area contributed by atoms with E-state index in [1.54, 1.807) is 19.3 Å². The van der Waals surface area contributed by atoms with Gasteiger partial charge in [-0.05, 0) is 29.3 Å². The monoisotopic (exact) mass is 610 g/mol. The van der Waals surface area contributed by atoms with E-state index in [2.05, 4.69) is 4.90 Å². The van der Waals surface area contributed by atoms with E-state index in [0.29, 0.717) is 23.2 Å². The molecule has 3 aromatic rings. The molecule has 0 radical (unpaired) electrons. The molecular formula is C29H27Cl2F3N2O3S. The van der Waals surface area contributed by atoms with Gasteiger partial charge in [0, 0.05) is 50.3 Å². The van der Waals surface area contributed by atoms with Crippen molar-refractivity contribution in [2.75, 3.05) is 33.4 Å². The second kappa shape index (κ2) is 11.5. The van der Waals surface area contributed by atoms with Crippen LogP contribution in [0.1, 0.15) is 17.0 Å². The highest BCUT2D eigenvalue weighted by atomic mass is 35.5. The summed E-state index contributed by atoms with van der Waals surface area (Å²) < 4.78 is 75.1. The van der Waals surface area contributed by atoms with Gasteiger partial charge in [-0.2, -0.15) is 17.5 Å². The summed E-state index contributed by atoms with van der Waals surface area (Å²) in [5.41, 5.74) is 1.48. The molecule has 1 fully saturated rings. The van der Waals surface area contributed by atoms with Crippen LogP contribution in [0.25, 0.3) is 11.1 Å². The lowest BCUT2D eigenvalue weighted by Crippen LogP contribution is -2.67. The molecule has 2 heterocycles. The average molecular weight is 612 g/mol. The predicted molar refractivity (Wildman–Crippen MR) is 150 cm³/mol. The van der Waals surface area contributed by atoms with E-state index >= 15 is 0 Å². The van der Waals surface area contributed by atoms with E-state index in [1.165, 1.54) is 12.1 Å². The van der Waals surface area contributed by atoms with Gasteiger partial charge in [0.05, 0.1) is 27.1 Å². The fraction of sp³-hybridized carbons (Fsp3) is 0.310. The molecule has 1 saturated heterocycles. The molecule has 5 nitrogen and oxygen atoms in total. The Bertz CT molecular complexity index is 1510. The highest BCUT2D eigenvalue weighted by Crippen LogP contribution is 2.44. The number of ether oxygens (including phenoxy) is 1. The Morgan fingerprint density at radius 1 is 0.950 bits per heavy atom. The Hall–Kier alpha value is -2.40. The number of nitrogens with zero attached hydrogens (tertiary/aromatic N) is 2. The maximum Gasteiger partial charge on any atom is 0.417 e. The van der Waals surface area contributed by atoms with Gasteiger partial charge in [-0.3, -0.25) is 4.90 Å². The van der Waals surface area contributed by atoms with Crippen molar-refractivity contribution in [2.24, 2.45) is 0 Å².